The maximum atomic E-state index is 11.3. The van der Waals surface area contributed by atoms with Crippen molar-refractivity contribution in [2.24, 2.45) is 11.8 Å². The van der Waals surface area contributed by atoms with Gasteiger partial charge in [-0.3, -0.25) is 15.1 Å². The van der Waals surface area contributed by atoms with Gasteiger partial charge < -0.3 is 4.74 Å². The summed E-state index contributed by atoms with van der Waals surface area (Å²) in [5.41, 5.74) is 2.12. The Morgan fingerprint density at radius 3 is 2.94 bits per heavy atom. The maximum Gasteiger partial charge on any atom is 0.263 e. The van der Waals surface area contributed by atoms with E-state index >= 15 is 0 Å². The summed E-state index contributed by atoms with van der Waals surface area (Å²) in [6.45, 7) is 6.34. The number of carbonyl (C=O) groups excluding carboxylic acids is 1. The summed E-state index contributed by atoms with van der Waals surface area (Å²) >= 11 is 0. The third-order valence-corrected chi connectivity index (χ3v) is 3.20. The number of likely N-dealkylation sites (N-methyl/N-ethyl adjacent to an activating group) is 1. The van der Waals surface area contributed by atoms with Crippen LogP contribution in [0.25, 0.3) is 0 Å². The van der Waals surface area contributed by atoms with Gasteiger partial charge in [-0.05, 0) is 26.3 Å². The van der Waals surface area contributed by atoms with E-state index in [-0.39, 0.29) is 17.9 Å². The molecule has 0 radical (unpaired) electrons. The van der Waals surface area contributed by atoms with Gasteiger partial charge in [0.2, 0.25) is 0 Å². The molecule has 0 bridgehead atoms. The standard InChI is InChI=1S/C12H22N4O2/c1-3-16(7-9(2)6-13)8-10-4-5-11(18-10)12(17)15-14/h9-11H,3-5,7-8,14H2,1-2H3,(H,15,17). The number of hydrogen-bond donors (Lipinski definition) is 2. The lowest BCUT2D eigenvalue weighted by Crippen LogP contribution is -2.40. The number of hydrogen-bond acceptors (Lipinski definition) is 5. The van der Waals surface area contributed by atoms with E-state index in [9.17, 15) is 4.79 Å². The van der Waals surface area contributed by atoms with Crippen molar-refractivity contribution in [3.05, 3.63) is 0 Å². The first-order valence-electron chi connectivity index (χ1n) is 6.38. The summed E-state index contributed by atoms with van der Waals surface area (Å²) in [6.07, 6.45) is 1.19. The molecule has 6 heteroatoms. The molecule has 3 N–H and O–H groups in total. The molecule has 1 aliphatic heterocycles. The molecule has 1 aliphatic rings. The second-order valence-corrected chi connectivity index (χ2v) is 4.72. The van der Waals surface area contributed by atoms with Gasteiger partial charge in [0.25, 0.3) is 5.91 Å². The normalized spacial score (nSPS) is 24.8. The summed E-state index contributed by atoms with van der Waals surface area (Å²) in [5.74, 6) is 4.83. The largest absolute Gasteiger partial charge is 0.364 e. The average molecular weight is 254 g/mol. The molecule has 1 amide bonds. The number of nitrogens with zero attached hydrogens (tertiary/aromatic N) is 2. The minimum absolute atomic E-state index is 0.00879. The summed E-state index contributed by atoms with van der Waals surface area (Å²) in [4.78, 5) is 13.5. The fourth-order valence-electron chi connectivity index (χ4n) is 2.17. The fraction of sp³-hybridized carbons (Fsp3) is 0.833. The Labute approximate surface area is 108 Å². The minimum atomic E-state index is -0.424. The number of hydrazine groups is 1. The number of nitriles is 1. The van der Waals surface area contributed by atoms with Crippen LogP contribution < -0.4 is 11.3 Å². The quantitative estimate of drug-likeness (QED) is 0.395. The van der Waals surface area contributed by atoms with Gasteiger partial charge in [0.15, 0.2) is 0 Å². The second kappa shape index (κ2) is 7.31. The van der Waals surface area contributed by atoms with Crippen LogP contribution in [0.1, 0.15) is 26.7 Å². The van der Waals surface area contributed by atoms with Crippen LogP contribution in [0.2, 0.25) is 0 Å². The van der Waals surface area contributed by atoms with Crippen LogP contribution in [-0.4, -0.2) is 42.6 Å². The third kappa shape index (κ3) is 4.26. The number of ether oxygens (including phenoxy) is 1. The molecule has 0 aromatic rings. The first-order chi connectivity index (χ1) is 8.60. The molecule has 1 heterocycles. The minimum Gasteiger partial charge on any atom is -0.364 e. The van der Waals surface area contributed by atoms with Crippen molar-refractivity contribution in [3.8, 4) is 6.07 Å². The van der Waals surface area contributed by atoms with Crippen LogP contribution in [0, 0.1) is 17.2 Å². The molecule has 6 nitrogen and oxygen atoms in total. The van der Waals surface area contributed by atoms with Crippen molar-refractivity contribution in [3.63, 3.8) is 0 Å². The van der Waals surface area contributed by atoms with E-state index < -0.39 is 6.10 Å². The highest BCUT2D eigenvalue weighted by Crippen LogP contribution is 2.20. The Kier molecular flexibility index (Phi) is 6.05. The Morgan fingerprint density at radius 2 is 2.39 bits per heavy atom. The van der Waals surface area contributed by atoms with Crippen LogP contribution in [0.4, 0.5) is 0 Å². The Hall–Kier alpha value is -1.16. The molecule has 0 aliphatic carbocycles. The smallest absolute Gasteiger partial charge is 0.263 e. The SMILES string of the molecule is CCN(CC(C)C#N)CC1CCC(C(=O)NN)O1. The summed E-state index contributed by atoms with van der Waals surface area (Å²) in [6, 6.07) is 2.23. The molecule has 1 rings (SSSR count). The first kappa shape index (κ1) is 14.9. The van der Waals surface area contributed by atoms with E-state index in [0.29, 0.717) is 6.42 Å². The summed E-state index contributed by atoms with van der Waals surface area (Å²) in [7, 11) is 0. The van der Waals surface area contributed by atoms with Gasteiger partial charge in [0, 0.05) is 13.1 Å². The van der Waals surface area contributed by atoms with E-state index in [1.807, 2.05) is 6.92 Å². The lowest BCUT2D eigenvalue weighted by Gasteiger charge is -2.24. The second-order valence-electron chi connectivity index (χ2n) is 4.72. The van der Waals surface area contributed by atoms with Crippen LogP contribution in [0.5, 0.6) is 0 Å². The number of amides is 1. The van der Waals surface area contributed by atoms with E-state index in [1.165, 1.54) is 0 Å². The topological polar surface area (TPSA) is 91.4 Å². The summed E-state index contributed by atoms with van der Waals surface area (Å²) < 4.78 is 5.65. The zero-order valence-electron chi connectivity index (χ0n) is 11.1. The number of nitrogens with one attached hydrogen (secondary N) is 1. The predicted molar refractivity (Wildman–Crippen MR) is 67.1 cm³/mol. The van der Waals surface area contributed by atoms with Crippen molar-refractivity contribution in [1.82, 2.24) is 10.3 Å². The number of rotatable bonds is 6. The van der Waals surface area contributed by atoms with Gasteiger partial charge in [0.05, 0.1) is 18.1 Å². The first-order valence-corrected chi connectivity index (χ1v) is 6.38. The van der Waals surface area contributed by atoms with E-state index in [4.69, 9.17) is 15.8 Å². The van der Waals surface area contributed by atoms with Crippen molar-refractivity contribution in [1.29, 1.82) is 5.26 Å². The van der Waals surface area contributed by atoms with E-state index in [2.05, 4.69) is 23.3 Å². The number of nitrogens with two attached hydrogens (primary N) is 1. The molecule has 3 unspecified atom stereocenters. The maximum absolute atomic E-state index is 11.3. The van der Waals surface area contributed by atoms with E-state index in [0.717, 1.165) is 26.1 Å². The highest BCUT2D eigenvalue weighted by molar-refractivity contribution is 5.80. The van der Waals surface area contributed by atoms with Gasteiger partial charge in [-0.25, -0.2) is 5.84 Å². The van der Waals surface area contributed by atoms with Crippen LogP contribution in [0.15, 0.2) is 0 Å². The van der Waals surface area contributed by atoms with Gasteiger partial charge >= 0.3 is 0 Å². The van der Waals surface area contributed by atoms with Crippen molar-refractivity contribution < 1.29 is 9.53 Å². The Bertz CT molecular complexity index is 316. The lowest BCUT2D eigenvalue weighted by molar-refractivity contribution is -0.132. The Balaban J connectivity index is 2.38. The lowest BCUT2D eigenvalue weighted by atomic mass is 10.1. The molecule has 0 spiro atoms. The van der Waals surface area contributed by atoms with Gasteiger partial charge in [0.1, 0.15) is 6.10 Å². The van der Waals surface area contributed by atoms with Crippen LogP contribution in [-0.2, 0) is 9.53 Å². The fourth-order valence-corrected chi connectivity index (χ4v) is 2.17. The van der Waals surface area contributed by atoms with Gasteiger partial charge in [-0.2, -0.15) is 5.26 Å². The molecule has 3 atom stereocenters. The molecule has 0 aromatic heterocycles. The molecule has 1 fully saturated rings. The zero-order chi connectivity index (χ0) is 13.5. The molecule has 0 saturated carbocycles. The Morgan fingerprint density at radius 1 is 1.67 bits per heavy atom. The van der Waals surface area contributed by atoms with Crippen LogP contribution in [0.3, 0.4) is 0 Å². The molecule has 0 aromatic carbocycles. The third-order valence-electron chi connectivity index (χ3n) is 3.20. The van der Waals surface area contributed by atoms with Crippen molar-refractivity contribution >= 4 is 5.91 Å². The highest BCUT2D eigenvalue weighted by atomic mass is 16.5. The number of carbonyl (C=O) groups is 1. The average Bonchev–Trinajstić information content (AvgIpc) is 2.85. The summed E-state index contributed by atoms with van der Waals surface area (Å²) in [5, 5.41) is 8.81. The molecular weight excluding hydrogens is 232 g/mol. The molecular formula is C12H22N4O2. The van der Waals surface area contributed by atoms with Crippen LogP contribution >= 0.6 is 0 Å². The molecule has 18 heavy (non-hydrogen) atoms. The van der Waals surface area contributed by atoms with Crippen molar-refractivity contribution in [2.75, 3.05) is 19.6 Å². The monoisotopic (exact) mass is 254 g/mol. The van der Waals surface area contributed by atoms with E-state index in [1.54, 1.807) is 0 Å². The predicted octanol–water partition coefficient (Wildman–Crippen LogP) is 0.00548. The van der Waals surface area contributed by atoms with Gasteiger partial charge in [-0.15, -0.1) is 0 Å². The highest BCUT2D eigenvalue weighted by Gasteiger charge is 2.31. The zero-order valence-corrected chi connectivity index (χ0v) is 11.1. The molecule has 102 valence electrons. The van der Waals surface area contributed by atoms with Gasteiger partial charge in [-0.1, -0.05) is 6.92 Å². The van der Waals surface area contributed by atoms with Crippen molar-refractivity contribution in [2.45, 2.75) is 38.9 Å². The molecule has 1 saturated heterocycles.